The van der Waals surface area contributed by atoms with Crippen LogP contribution in [0.25, 0.3) is 0 Å². The molecule has 1 aliphatic rings. The number of nitrogens with one attached hydrogen (secondary N) is 1. The van der Waals surface area contributed by atoms with Crippen molar-refractivity contribution in [1.82, 2.24) is 0 Å². The van der Waals surface area contributed by atoms with E-state index in [-0.39, 0.29) is 18.1 Å². The van der Waals surface area contributed by atoms with Gasteiger partial charge in [0.25, 0.3) is 5.91 Å². The number of nitrogens with zero attached hydrogens (tertiary/aromatic N) is 1. The van der Waals surface area contributed by atoms with Gasteiger partial charge in [-0.3, -0.25) is 9.59 Å². The van der Waals surface area contributed by atoms with Gasteiger partial charge in [0.2, 0.25) is 0 Å². The lowest BCUT2D eigenvalue weighted by atomic mass is 9.85. The molecule has 6 nitrogen and oxygen atoms in total. The Bertz CT molecular complexity index is 588. The number of aliphatic carboxylic acids is 1. The highest BCUT2D eigenvalue weighted by molar-refractivity contribution is 7.16. The van der Waals surface area contributed by atoms with Crippen molar-refractivity contribution in [3.63, 3.8) is 0 Å². The third-order valence-corrected chi connectivity index (χ3v) is 4.39. The van der Waals surface area contributed by atoms with Gasteiger partial charge < -0.3 is 15.2 Å². The summed E-state index contributed by atoms with van der Waals surface area (Å²) in [6, 6.07) is 2.03. The summed E-state index contributed by atoms with van der Waals surface area (Å²) in [5.74, 6) is -1.93. The summed E-state index contributed by atoms with van der Waals surface area (Å²) in [4.78, 5) is 23.7. The molecule has 2 N–H and O–H groups in total. The van der Waals surface area contributed by atoms with E-state index in [4.69, 9.17) is 4.74 Å². The van der Waals surface area contributed by atoms with E-state index in [0.29, 0.717) is 17.0 Å². The van der Waals surface area contributed by atoms with Crippen LogP contribution in [0.2, 0.25) is 0 Å². The summed E-state index contributed by atoms with van der Waals surface area (Å²) in [7, 11) is 1.41. The molecule has 1 aromatic rings. The van der Waals surface area contributed by atoms with Crippen LogP contribution in [0.1, 0.15) is 34.8 Å². The highest BCUT2D eigenvalue weighted by atomic mass is 32.1. The number of thiophene rings is 1. The molecule has 0 fully saturated rings. The van der Waals surface area contributed by atoms with E-state index < -0.39 is 11.9 Å². The van der Waals surface area contributed by atoms with Crippen LogP contribution in [0, 0.1) is 11.3 Å². The smallest absolute Gasteiger partial charge is 0.311 e. The lowest BCUT2D eigenvalue weighted by molar-refractivity contribution is -0.139. The number of fused-ring (bicyclic) bond motifs is 1. The first kappa shape index (κ1) is 14.5. The fourth-order valence-corrected chi connectivity index (χ4v) is 3.67. The van der Waals surface area contributed by atoms with Crippen LogP contribution in [0.5, 0.6) is 0 Å². The monoisotopic (exact) mass is 294 g/mol. The number of rotatable bonds is 4. The number of methoxy groups -OCH3 is 1. The molecule has 1 atom stereocenters. The second kappa shape index (κ2) is 6.03. The van der Waals surface area contributed by atoms with E-state index in [9.17, 15) is 20.0 Å². The molecule has 1 aromatic heterocycles. The van der Waals surface area contributed by atoms with Crippen LogP contribution in [0.3, 0.4) is 0 Å². The van der Waals surface area contributed by atoms with E-state index in [1.54, 1.807) is 0 Å². The van der Waals surface area contributed by atoms with Gasteiger partial charge in [-0.05, 0) is 19.3 Å². The second-order valence-electron chi connectivity index (χ2n) is 4.52. The summed E-state index contributed by atoms with van der Waals surface area (Å²) >= 11 is 1.29. The molecule has 1 unspecified atom stereocenters. The number of hydrogen-bond acceptors (Lipinski definition) is 5. The van der Waals surface area contributed by atoms with Gasteiger partial charge in [0.1, 0.15) is 17.7 Å². The molecule has 106 valence electrons. The molecule has 2 rings (SSSR count). The van der Waals surface area contributed by atoms with Crippen molar-refractivity contribution in [2.45, 2.75) is 25.2 Å². The summed E-state index contributed by atoms with van der Waals surface area (Å²) in [5, 5.41) is 21.6. The number of amides is 1. The normalized spacial score (nSPS) is 17.1. The first-order valence-corrected chi connectivity index (χ1v) is 6.97. The van der Waals surface area contributed by atoms with Gasteiger partial charge in [-0.25, -0.2) is 0 Å². The highest BCUT2D eigenvalue weighted by Gasteiger charge is 2.32. The summed E-state index contributed by atoms with van der Waals surface area (Å²) < 4.78 is 4.73. The Balaban J connectivity index is 2.39. The Kier molecular flexibility index (Phi) is 4.37. The zero-order chi connectivity index (χ0) is 14.7. The Morgan fingerprint density at radius 3 is 2.95 bits per heavy atom. The largest absolute Gasteiger partial charge is 0.481 e. The SMILES string of the molecule is COCC(=O)Nc1sc2c(c1C#N)C(C(=O)O)CCC2. The molecule has 0 aliphatic heterocycles. The number of carboxylic acid groups (broad SMARTS) is 1. The molecule has 0 aromatic carbocycles. The van der Waals surface area contributed by atoms with Gasteiger partial charge in [0.05, 0.1) is 11.5 Å². The number of nitriles is 1. The lowest BCUT2D eigenvalue weighted by Crippen LogP contribution is -2.18. The van der Waals surface area contributed by atoms with Gasteiger partial charge in [-0.15, -0.1) is 11.3 Å². The molecule has 0 saturated heterocycles. The quantitative estimate of drug-likeness (QED) is 0.880. The van der Waals surface area contributed by atoms with Crippen molar-refractivity contribution in [3.05, 3.63) is 16.0 Å². The minimum absolute atomic E-state index is 0.101. The number of carboxylic acids is 1. The first-order valence-electron chi connectivity index (χ1n) is 6.15. The third kappa shape index (κ3) is 2.66. The van der Waals surface area contributed by atoms with Crippen molar-refractivity contribution < 1.29 is 19.4 Å². The molecule has 7 heteroatoms. The molecule has 1 heterocycles. The maximum Gasteiger partial charge on any atom is 0.311 e. The Morgan fingerprint density at radius 2 is 2.35 bits per heavy atom. The van der Waals surface area contributed by atoms with E-state index >= 15 is 0 Å². The zero-order valence-corrected chi connectivity index (χ0v) is 11.7. The van der Waals surface area contributed by atoms with Crippen LogP contribution in [0.15, 0.2) is 0 Å². The number of anilines is 1. The molecule has 1 amide bonds. The number of hydrogen-bond donors (Lipinski definition) is 2. The topological polar surface area (TPSA) is 99.4 Å². The van der Waals surface area contributed by atoms with Crippen LogP contribution >= 0.6 is 11.3 Å². The Hall–Kier alpha value is -1.91. The summed E-state index contributed by atoms with van der Waals surface area (Å²) in [6.07, 6.45) is 2.05. The van der Waals surface area contributed by atoms with Gasteiger partial charge >= 0.3 is 5.97 Å². The van der Waals surface area contributed by atoms with Gasteiger partial charge in [-0.2, -0.15) is 5.26 Å². The second-order valence-corrected chi connectivity index (χ2v) is 5.62. The van der Waals surface area contributed by atoms with Gasteiger partial charge in [-0.1, -0.05) is 0 Å². The zero-order valence-electron chi connectivity index (χ0n) is 10.9. The van der Waals surface area contributed by atoms with Crippen molar-refractivity contribution >= 4 is 28.2 Å². The molecular formula is C13H14N2O4S. The lowest BCUT2D eigenvalue weighted by Gasteiger charge is -2.18. The highest BCUT2D eigenvalue weighted by Crippen LogP contribution is 2.43. The minimum Gasteiger partial charge on any atom is -0.481 e. The summed E-state index contributed by atoms with van der Waals surface area (Å²) in [5.41, 5.74) is 0.852. The van der Waals surface area contributed by atoms with Gasteiger partial charge in [0, 0.05) is 17.6 Å². The molecular weight excluding hydrogens is 280 g/mol. The van der Waals surface area contributed by atoms with Crippen molar-refractivity contribution in [1.29, 1.82) is 5.26 Å². The summed E-state index contributed by atoms with van der Waals surface area (Å²) in [6.45, 7) is -0.101. The molecule has 0 bridgehead atoms. The van der Waals surface area contributed by atoms with E-state index in [0.717, 1.165) is 17.7 Å². The van der Waals surface area contributed by atoms with E-state index in [2.05, 4.69) is 5.32 Å². The predicted octanol–water partition coefficient (Wildman–Crippen LogP) is 1.71. The third-order valence-electron chi connectivity index (χ3n) is 3.21. The molecule has 0 spiro atoms. The van der Waals surface area contributed by atoms with Crippen molar-refractivity contribution in [2.24, 2.45) is 0 Å². The Labute approximate surface area is 120 Å². The number of ether oxygens (including phenoxy) is 1. The number of carbonyl (C=O) groups is 2. The van der Waals surface area contributed by atoms with Gasteiger partial charge in [0.15, 0.2) is 0 Å². The average molecular weight is 294 g/mol. The maximum atomic E-state index is 11.6. The van der Waals surface area contributed by atoms with Crippen molar-refractivity contribution in [3.8, 4) is 6.07 Å². The molecule has 0 radical (unpaired) electrons. The van der Waals surface area contributed by atoms with Crippen LogP contribution < -0.4 is 5.32 Å². The minimum atomic E-state index is -0.921. The number of carbonyl (C=O) groups excluding carboxylic acids is 1. The fraction of sp³-hybridized carbons (Fsp3) is 0.462. The van der Waals surface area contributed by atoms with Crippen LogP contribution in [0.4, 0.5) is 5.00 Å². The predicted molar refractivity (Wildman–Crippen MR) is 72.9 cm³/mol. The van der Waals surface area contributed by atoms with Crippen LogP contribution in [-0.2, 0) is 20.7 Å². The van der Waals surface area contributed by atoms with E-state index in [1.165, 1.54) is 18.4 Å². The molecule has 0 saturated carbocycles. The van der Waals surface area contributed by atoms with Crippen LogP contribution in [-0.4, -0.2) is 30.7 Å². The Morgan fingerprint density at radius 1 is 1.60 bits per heavy atom. The van der Waals surface area contributed by atoms with Crippen molar-refractivity contribution in [2.75, 3.05) is 19.0 Å². The average Bonchev–Trinajstić information content (AvgIpc) is 2.75. The molecule has 20 heavy (non-hydrogen) atoms. The maximum absolute atomic E-state index is 11.6. The number of aryl methyl sites for hydroxylation is 1. The standard InChI is InChI=1S/C13H14N2O4S/c1-19-6-10(16)15-12-8(5-14)11-7(13(17)18)3-2-4-9(11)20-12/h7H,2-4,6H2,1H3,(H,15,16)(H,17,18). The fourth-order valence-electron chi connectivity index (χ4n) is 2.40. The molecule has 1 aliphatic carbocycles. The van der Waals surface area contributed by atoms with E-state index in [1.807, 2.05) is 6.07 Å². The first-order chi connectivity index (χ1) is 9.58.